The maximum absolute atomic E-state index is 11.8. The van der Waals surface area contributed by atoms with Crippen molar-refractivity contribution in [2.24, 2.45) is 0 Å². The Kier molecular flexibility index (Phi) is 4.95. The van der Waals surface area contributed by atoms with Crippen molar-refractivity contribution in [1.82, 2.24) is 10.0 Å². The lowest BCUT2D eigenvalue weighted by Crippen LogP contribution is -2.38. The normalized spacial score (nSPS) is 16.6. The van der Waals surface area contributed by atoms with Crippen LogP contribution in [0.4, 0.5) is 0 Å². The second kappa shape index (κ2) is 6.49. The minimum absolute atomic E-state index is 0.0688. The molecule has 5 nitrogen and oxygen atoms in total. The number of hydrogen-bond acceptors (Lipinski definition) is 4. The fourth-order valence-electron chi connectivity index (χ4n) is 2.15. The lowest BCUT2D eigenvalue weighted by atomic mass is 10.3. The zero-order valence-electron chi connectivity index (χ0n) is 10.6. The van der Waals surface area contributed by atoms with Crippen molar-refractivity contribution in [3.8, 4) is 0 Å². The van der Waals surface area contributed by atoms with Gasteiger partial charge >= 0.3 is 0 Å². The van der Waals surface area contributed by atoms with Crippen molar-refractivity contribution < 1.29 is 13.2 Å². The van der Waals surface area contributed by atoms with E-state index in [2.05, 4.69) is 10.0 Å². The predicted octanol–water partition coefficient (Wildman–Crippen LogP) is 1.34. The van der Waals surface area contributed by atoms with Gasteiger partial charge in [-0.3, -0.25) is 4.79 Å². The van der Waals surface area contributed by atoms with Crippen LogP contribution in [0.25, 0.3) is 0 Å². The molecule has 1 fully saturated rings. The fourth-order valence-corrected chi connectivity index (χ4v) is 4.02. The van der Waals surface area contributed by atoms with E-state index in [0.717, 1.165) is 25.7 Å². The molecule has 2 rings (SSSR count). The number of thiophene rings is 1. The highest BCUT2D eigenvalue weighted by Crippen LogP contribution is 2.18. The zero-order chi connectivity index (χ0) is 13.7. The lowest BCUT2D eigenvalue weighted by Gasteiger charge is -2.12. The van der Waals surface area contributed by atoms with Crippen LogP contribution in [0.3, 0.4) is 0 Å². The Morgan fingerprint density at radius 2 is 2.11 bits per heavy atom. The molecular formula is C12H18N2O3S2. The van der Waals surface area contributed by atoms with Gasteiger partial charge in [-0.2, -0.15) is 0 Å². The number of carbonyl (C=O) groups excluding carboxylic acids is 1. The Morgan fingerprint density at radius 3 is 2.74 bits per heavy atom. The maximum Gasteiger partial charge on any atom is 0.261 e. The van der Waals surface area contributed by atoms with Gasteiger partial charge in [0.15, 0.2) is 0 Å². The topological polar surface area (TPSA) is 75.3 Å². The summed E-state index contributed by atoms with van der Waals surface area (Å²) in [4.78, 5) is 12.2. The molecule has 1 aromatic heterocycles. The van der Waals surface area contributed by atoms with E-state index in [-0.39, 0.29) is 24.2 Å². The molecule has 1 aliphatic carbocycles. The molecule has 0 aliphatic heterocycles. The molecule has 1 saturated carbocycles. The highest BCUT2D eigenvalue weighted by Gasteiger charge is 2.21. The summed E-state index contributed by atoms with van der Waals surface area (Å²) in [5.74, 6) is -0.285. The largest absolute Gasteiger partial charge is 0.350 e. The Balaban J connectivity index is 1.73. The first-order chi connectivity index (χ1) is 9.07. The molecule has 1 amide bonds. The van der Waals surface area contributed by atoms with Crippen LogP contribution >= 0.6 is 11.3 Å². The summed E-state index contributed by atoms with van der Waals surface area (Å²) in [5.41, 5.74) is 0. The average molecular weight is 302 g/mol. The van der Waals surface area contributed by atoms with Gasteiger partial charge in [-0.05, 0) is 24.3 Å². The Morgan fingerprint density at radius 1 is 1.37 bits per heavy atom. The third kappa shape index (κ3) is 4.59. The van der Waals surface area contributed by atoms with E-state index < -0.39 is 10.0 Å². The van der Waals surface area contributed by atoms with Crippen LogP contribution in [0.2, 0.25) is 0 Å². The summed E-state index contributed by atoms with van der Waals surface area (Å²) >= 11 is 1.34. The predicted molar refractivity (Wildman–Crippen MR) is 75.8 cm³/mol. The van der Waals surface area contributed by atoms with E-state index in [1.54, 1.807) is 12.1 Å². The average Bonchev–Trinajstić information content (AvgIpc) is 2.99. The molecule has 0 bridgehead atoms. The van der Waals surface area contributed by atoms with Crippen LogP contribution < -0.4 is 10.0 Å². The molecule has 7 heteroatoms. The van der Waals surface area contributed by atoms with Crippen LogP contribution in [0.5, 0.6) is 0 Å². The van der Waals surface area contributed by atoms with E-state index in [1.807, 2.05) is 5.38 Å². The van der Waals surface area contributed by atoms with Crippen LogP contribution in [0.15, 0.2) is 17.5 Å². The van der Waals surface area contributed by atoms with Gasteiger partial charge in [-0.25, -0.2) is 13.1 Å². The van der Waals surface area contributed by atoms with E-state index in [0.29, 0.717) is 4.88 Å². The molecule has 0 spiro atoms. The zero-order valence-corrected chi connectivity index (χ0v) is 12.2. The molecule has 0 saturated heterocycles. The first kappa shape index (κ1) is 14.5. The first-order valence-electron chi connectivity index (χ1n) is 6.38. The molecule has 19 heavy (non-hydrogen) atoms. The number of amides is 1. The van der Waals surface area contributed by atoms with Gasteiger partial charge in [0, 0.05) is 12.6 Å². The maximum atomic E-state index is 11.8. The van der Waals surface area contributed by atoms with E-state index in [4.69, 9.17) is 0 Å². The van der Waals surface area contributed by atoms with Crippen LogP contribution in [0.1, 0.15) is 35.4 Å². The van der Waals surface area contributed by atoms with Gasteiger partial charge in [-0.15, -0.1) is 11.3 Å². The molecular weight excluding hydrogens is 284 g/mol. The number of rotatable bonds is 6. The van der Waals surface area contributed by atoms with Gasteiger partial charge in [0.25, 0.3) is 5.91 Å². The second-order valence-electron chi connectivity index (χ2n) is 4.65. The summed E-state index contributed by atoms with van der Waals surface area (Å²) in [5, 5.41) is 4.43. The van der Waals surface area contributed by atoms with Crippen molar-refractivity contribution in [3.63, 3.8) is 0 Å². The molecule has 2 N–H and O–H groups in total. The first-order valence-corrected chi connectivity index (χ1v) is 8.92. The number of carbonyl (C=O) groups is 1. The standard InChI is InChI=1S/C12H18N2O3S2/c15-12(11-6-3-8-18-11)13-7-9-19(16,17)14-10-4-1-2-5-10/h3,6,8,10,14H,1-2,4-5,7,9H2,(H,13,15). The van der Waals surface area contributed by atoms with Gasteiger partial charge in [-0.1, -0.05) is 18.9 Å². The molecule has 0 aromatic carbocycles. The number of hydrogen-bond donors (Lipinski definition) is 2. The Bertz CT molecular complexity index is 505. The molecule has 1 heterocycles. The van der Waals surface area contributed by atoms with E-state index in [1.165, 1.54) is 11.3 Å². The summed E-state index contributed by atoms with van der Waals surface area (Å²) in [6, 6.07) is 3.58. The van der Waals surface area contributed by atoms with Gasteiger partial charge < -0.3 is 5.32 Å². The highest BCUT2D eigenvalue weighted by molar-refractivity contribution is 7.89. The van der Waals surface area contributed by atoms with E-state index in [9.17, 15) is 13.2 Å². The van der Waals surface area contributed by atoms with Crippen molar-refractivity contribution >= 4 is 27.3 Å². The fraction of sp³-hybridized carbons (Fsp3) is 0.583. The third-order valence-corrected chi connectivity index (χ3v) is 5.41. The van der Waals surface area contributed by atoms with Crippen LogP contribution in [-0.2, 0) is 10.0 Å². The van der Waals surface area contributed by atoms with Gasteiger partial charge in [0.05, 0.1) is 10.6 Å². The van der Waals surface area contributed by atoms with Crippen molar-refractivity contribution in [1.29, 1.82) is 0 Å². The monoisotopic (exact) mass is 302 g/mol. The van der Waals surface area contributed by atoms with E-state index >= 15 is 0 Å². The SMILES string of the molecule is O=C(NCCS(=O)(=O)NC1CCCC1)c1cccs1. The van der Waals surface area contributed by atoms with Gasteiger partial charge in [0.1, 0.15) is 0 Å². The molecule has 1 aromatic rings. The number of sulfonamides is 1. The van der Waals surface area contributed by atoms with Crippen molar-refractivity contribution in [2.75, 3.05) is 12.3 Å². The van der Waals surface area contributed by atoms with Crippen molar-refractivity contribution in [2.45, 2.75) is 31.7 Å². The minimum Gasteiger partial charge on any atom is -0.350 e. The quantitative estimate of drug-likeness (QED) is 0.832. The minimum atomic E-state index is -3.29. The smallest absolute Gasteiger partial charge is 0.261 e. The third-order valence-electron chi connectivity index (χ3n) is 3.10. The molecule has 106 valence electrons. The lowest BCUT2D eigenvalue weighted by molar-refractivity contribution is 0.0960. The summed E-state index contributed by atoms with van der Waals surface area (Å²) in [7, 11) is -3.29. The molecule has 1 aliphatic rings. The van der Waals surface area contributed by atoms with Crippen LogP contribution in [0, 0.1) is 0 Å². The second-order valence-corrected chi connectivity index (χ2v) is 7.47. The summed E-state index contributed by atoms with van der Waals surface area (Å²) in [6.07, 6.45) is 4.01. The van der Waals surface area contributed by atoms with Crippen molar-refractivity contribution in [3.05, 3.63) is 22.4 Å². The van der Waals surface area contributed by atoms with Crippen LogP contribution in [-0.4, -0.2) is 32.7 Å². The summed E-state index contributed by atoms with van der Waals surface area (Å²) < 4.78 is 26.3. The highest BCUT2D eigenvalue weighted by atomic mass is 32.2. The number of nitrogens with one attached hydrogen (secondary N) is 2. The molecule has 0 radical (unpaired) electrons. The Hall–Kier alpha value is -0.920. The van der Waals surface area contributed by atoms with Gasteiger partial charge in [0.2, 0.25) is 10.0 Å². The molecule has 0 unspecified atom stereocenters. The summed E-state index contributed by atoms with van der Waals surface area (Å²) in [6.45, 7) is 0.138. The molecule has 0 atom stereocenters. The Labute approximate surface area is 117 Å².